The summed E-state index contributed by atoms with van der Waals surface area (Å²) in [5.41, 5.74) is 0. The number of nitrogens with one attached hydrogen (secondary N) is 1. The van der Waals surface area contributed by atoms with Crippen LogP contribution in [0.5, 0.6) is 11.5 Å². The average molecular weight is 262 g/mol. The summed E-state index contributed by atoms with van der Waals surface area (Å²) in [6.45, 7) is 5.93. The second-order valence-electron chi connectivity index (χ2n) is 4.24. The van der Waals surface area contributed by atoms with Crippen molar-refractivity contribution in [1.82, 2.24) is 5.32 Å². The highest BCUT2D eigenvalue weighted by Gasteiger charge is 2.09. The fourth-order valence-electron chi connectivity index (χ4n) is 1.53. The van der Waals surface area contributed by atoms with Crippen molar-refractivity contribution in [3.63, 3.8) is 0 Å². The minimum absolute atomic E-state index is 0.292. The van der Waals surface area contributed by atoms with Crippen LogP contribution in [0.4, 0.5) is 0 Å². The van der Waals surface area contributed by atoms with Crippen LogP contribution in [0, 0.1) is 11.3 Å². The fourth-order valence-corrected chi connectivity index (χ4v) is 1.53. The van der Waals surface area contributed by atoms with Gasteiger partial charge in [0.1, 0.15) is 12.6 Å². The molecule has 4 nitrogen and oxygen atoms in total. The Labute approximate surface area is 115 Å². The first-order chi connectivity index (χ1) is 9.31. The smallest absolute Gasteiger partial charge is 0.161 e. The minimum atomic E-state index is -0.292. The molecule has 0 heterocycles. The molecule has 1 aromatic rings. The van der Waals surface area contributed by atoms with E-state index in [1.54, 1.807) is 0 Å². The van der Waals surface area contributed by atoms with Crippen molar-refractivity contribution < 1.29 is 9.47 Å². The summed E-state index contributed by atoms with van der Waals surface area (Å²) in [6, 6.07) is 9.45. The van der Waals surface area contributed by atoms with E-state index in [0.717, 1.165) is 25.1 Å². The van der Waals surface area contributed by atoms with Crippen LogP contribution in [0.1, 0.15) is 26.7 Å². The standard InChI is InChI=1S/C15H22N2O2/c1-3-9-17-13(11-16)12-19-15-8-6-5-7-14(15)18-10-4-2/h5-8,13,17H,3-4,9-10,12H2,1-2H3. The Morgan fingerprint density at radius 2 is 1.84 bits per heavy atom. The Balaban J connectivity index is 2.53. The highest BCUT2D eigenvalue weighted by Crippen LogP contribution is 2.26. The molecule has 0 aliphatic rings. The Hall–Kier alpha value is -1.73. The molecule has 19 heavy (non-hydrogen) atoms. The highest BCUT2D eigenvalue weighted by molar-refractivity contribution is 5.39. The monoisotopic (exact) mass is 262 g/mol. The van der Waals surface area contributed by atoms with Gasteiger partial charge in [0.15, 0.2) is 11.5 Å². The summed E-state index contributed by atoms with van der Waals surface area (Å²) in [5, 5.41) is 12.1. The third-order valence-corrected chi connectivity index (χ3v) is 2.51. The normalized spacial score (nSPS) is 11.6. The van der Waals surface area contributed by atoms with Gasteiger partial charge < -0.3 is 9.47 Å². The van der Waals surface area contributed by atoms with Gasteiger partial charge >= 0.3 is 0 Å². The van der Waals surface area contributed by atoms with E-state index >= 15 is 0 Å². The van der Waals surface area contributed by atoms with Gasteiger partial charge in [-0.3, -0.25) is 5.32 Å². The van der Waals surface area contributed by atoms with Crippen LogP contribution in [0.25, 0.3) is 0 Å². The maximum absolute atomic E-state index is 9.02. The molecule has 0 saturated carbocycles. The van der Waals surface area contributed by atoms with Crippen molar-refractivity contribution in [2.75, 3.05) is 19.8 Å². The summed E-state index contributed by atoms with van der Waals surface area (Å²) in [6.07, 6.45) is 1.95. The van der Waals surface area contributed by atoms with Gasteiger partial charge in [-0.1, -0.05) is 26.0 Å². The molecule has 1 unspecified atom stereocenters. The zero-order valence-electron chi connectivity index (χ0n) is 11.7. The van der Waals surface area contributed by atoms with Gasteiger partial charge in [-0.05, 0) is 31.5 Å². The lowest BCUT2D eigenvalue weighted by atomic mass is 10.3. The maximum atomic E-state index is 9.02. The molecule has 1 N–H and O–H groups in total. The van der Waals surface area contributed by atoms with Crippen LogP contribution >= 0.6 is 0 Å². The van der Waals surface area contributed by atoms with E-state index in [2.05, 4.69) is 25.2 Å². The Kier molecular flexibility index (Phi) is 7.45. The molecule has 0 spiro atoms. The van der Waals surface area contributed by atoms with Crippen LogP contribution in [-0.2, 0) is 0 Å². The summed E-state index contributed by atoms with van der Waals surface area (Å²) in [5.74, 6) is 1.42. The molecule has 1 atom stereocenters. The average Bonchev–Trinajstić information content (AvgIpc) is 2.46. The fraction of sp³-hybridized carbons (Fsp3) is 0.533. The van der Waals surface area contributed by atoms with Crippen molar-refractivity contribution in [2.45, 2.75) is 32.7 Å². The molecule has 0 aliphatic heterocycles. The summed E-state index contributed by atoms with van der Waals surface area (Å²) < 4.78 is 11.3. The molecular formula is C15H22N2O2. The number of para-hydroxylation sites is 2. The van der Waals surface area contributed by atoms with Crippen molar-refractivity contribution >= 4 is 0 Å². The van der Waals surface area contributed by atoms with Gasteiger partial charge in [0.2, 0.25) is 0 Å². The third kappa shape index (κ3) is 5.62. The SMILES string of the molecule is CCCNC(C#N)COc1ccccc1OCCC. The lowest BCUT2D eigenvalue weighted by molar-refractivity contribution is 0.255. The number of ether oxygens (including phenoxy) is 2. The topological polar surface area (TPSA) is 54.3 Å². The summed E-state index contributed by atoms with van der Waals surface area (Å²) in [4.78, 5) is 0. The van der Waals surface area contributed by atoms with Crippen LogP contribution in [0.2, 0.25) is 0 Å². The molecule has 0 saturated heterocycles. The van der Waals surface area contributed by atoms with E-state index in [0.29, 0.717) is 19.0 Å². The van der Waals surface area contributed by atoms with E-state index in [4.69, 9.17) is 14.7 Å². The molecule has 4 heteroatoms. The quantitative estimate of drug-likeness (QED) is 0.743. The molecule has 104 valence electrons. The molecule has 1 aromatic carbocycles. The van der Waals surface area contributed by atoms with E-state index in [-0.39, 0.29) is 6.04 Å². The molecule has 0 fully saturated rings. The number of nitrogens with zero attached hydrogens (tertiary/aromatic N) is 1. The lowest BCUT2D eigenvalue weighted by Gasteiger charge is -2.15. The molecule has 0 aliphatic carbocycles. The van der Waals surface area contributed by atoms with E-state index in [1.165, 1.54) is 0 Å². The van der Waals surface area contributed by atoms with E-state index in [9.17, 15) is 0 Å². The Morgan fingerprint density at radius 1 is 1.16 bits per heavy atom. The molecular weight excluding hydrogens is 240 g/mol. The zero-order valence-corrected chi connectivity index (χ0v) is 11.7. The maximum Gasteiger partial charge on any atom is 0.161 e. The van der Waals surface area contributed by atoms with Gasteiger partial charge in [0.25, 0.3) is 0 Å². The van der Waals surface area contributed by atoms with Crippen molar-refractivity contribution in [3.8, 4) is 17.6 Å². The van der Waals surface area contributed by atoms with Crippen LogP contribution in [-0.4, -0.2) is 25.8 Å². The summed E-state index contributed by atoms with van der Waals surface area (Å²) in [7, 11) is 0. The van der Waals surface area contributed by atoms with Gasteiger partial charge in [-0.15, -0.1) is 0 Å². The van der Waals surface area contributed by atoms with E-state index < -0.39 is 0 Å². The van der Waals surface area contributed by atoms with Gasteiger partial charge in [0.05, 0.1) is 12.7 Å². The zero-order chi connectivity index (χ0) is 13.9. The highest BCUT2D eigenvalue weighted by atomic mass is 16.5. The number of nitriles is 1. The molecule has 0 radical (unpaired) electrons. The largest absolute Gasteiger partial charge is 0.490 e. The minimum Gasteiger partial charge on any atom is -0.490 e. The third-order valence-electron chi connectivity index (χ3n) is 2.51. The molecule has 1 rings (SSSR count). The summed E-state index contributed by atoms with van der Waals surface area (Å²) >= 11 is 0. The Morgan fingerprint density at radius 3 is 2.42 bits per heavy atom. The van der Waals surface area contributed by atoms with E-state index in [1.807, 2.05) is 24.3 Å². The number of rotatable bonds is 9. The number of benzene rings is 1. The second-order valence-corrected chi connectivity index (χ2v) is 4.24. The number of hydrogen-bond acceptors (Lipinski definition) is 4. The first-order valence-electron chi connectivity index (χ1n) is 6.79. The lowest BCUT2D eigenvalue weighted by Crippen LogP contribution is -2.33. The van der Waals surface area contributed by atoms with Crippen LogP contribution < -0.4 is 14.8 Å². The van der Waals surface area contributed by atoms with Gasteiger partial charge in [0, 0.05) is 0 Å². The first kappa shape index (κ1) is 15.3. The van der Waals surface area contributed by atoms with Crippen molar-refractivity contribution in [2.24, 2.45) is 0 Å². The molecule has 0 bridgehead atoms. The van der Waals surface area contributed by atoms with Gasteiger partial charge in [-0.25, -0.2) is 0 Å². The predicted molar refractivity (Wildman–Crippen MR) is 75.4 cm³/mol. The van der Waals surface area contributed by atoms with Gasteiger partial charge in [-0.2, -0.15) is 5.26 Å². The van der Waals surface area contributed by atoms with Crippen molar-refractivity contribution in [1.29, 1.82) is 5.26 Å². The Bertz CT molecular complexity index is 401. The first-order valence-corrected chi connectivity index (χ1v) is 6.79. The van der Waals surface area contributed by atoms with Crippen molar-refractivity contribution in [3.05, 3.63) is 24.3 Å². The number of hydrogen-bond donors (Lipinski definition) is 1. The molecule has 0 amide bonds. The predicted octanol–water partition coefficient (Wildman–Crippen LogP) is 2.75. The molecule has 0 aromatic heterocycles. The second kappa shape index (κ2) is 9.23. The van der Waals surface area contributed by atoms with Crippen LogP contribution in [0.3, 0.4) is 0 Å². The van der Waals surface area contributed by atoms with Crippen LogP contribution in [0.15, 0.2) is 24.3 Å².